The molecule has 3 heterocycles. The van der Waals surface area contributed by atoms with E-state index in [1.54, 1.807) is 41.5 Å². The van der Waals surface area contributed by atoms with Gasteiger partial charge in [-0.2, -0.15) is 43.9 Å². The summed E-state index contributed by atoms with van der Waals surface area (Å²) >= 11 is 17.4. The van der Waals surface area contributed by atoms with Gasteiger partial charge in [0.15, 0.2) is 0 Å². The van der Waals surface area contributed by atoms with Crippen LogP contribution in [0.3, 0.4) is 0 Å². The second-order valence-corrected chi connectivity index (χ2v) is 25.3. The minimum Gasteiger partial charge on any atom is -0.469 e. The molecule has 0 saturated heterocycles. The monoisotopic (exact) mass is 1340 g/mol. The molecule has 0 aliphatic carbocycles. The first-order valence-electron chi connectivity index (χ1n) is 24.6. The third-order valence-electron chi connectivity index (χ3n) is 11.4. The third kappa shape index (κ3) is 22.2. The molecule has 0 spiro atoms. The van der Waals surface area contributed by atoms with Crippen LogP contribution in [-0.2, 0) is 80.2 Å². The highest BCUT2D eigenvalue weighted by Gasteiger charge is 2.45. The normalized spacial score (nSPS) is 14.2. The van der Waals surface area contributed by atoms with Gasteiger partial charge in [0.2, 0.25) is 0 Å². The van der Waals surface area contributed by atoms with Crippen LogP contribution in [0.1, 0.15) is 112 Å². The smallest absolute Gasteiger partial charge is 0.416 e. The largest absolute Gasteiger partial charge is 0.469 e. The van der Waals surface area contributed by atoms with E-state index in [2.05, 4.69) is 33.5 Å². The number of alkyl halides is 9. The van der Waals surface area contributed by atoms with Crippen molar-refractivity contribution in [2.45, 2.75) is 100 Å². The summed E-state index contributed by atoms with van der Waals surface area (Å²) in [5.74, 6) is -5.29. The number of pyridine rings is 3. The average molecular weight is 1340 g/mol. The van der Waals surface area contributed by atoms with Crippen LogP contribution in [0.2, 0.25) is 15.1 Å². The molecular weight excluding hydrogens is 1280 g/mol. The van der Waals surface area contributed by atoms with Crippen LogP contribution >= 0.6 is 34.8 Å². The Bertz CT molecular complexity index is 3440. The zero-order valence-electron chi connectivity index (χ0n) is 47.4. The van der Waals surface area contributed by atoms with Crippen LogP contribution in [0, 0.1) is 17.5 Å². The quantitative estimate of drug-likeness (QED) is 0.0480. The molecule has 4 atom stereocenters. The highest BCUT2D eigenvalue weighted by atomic mass is 35.5. The summed E-state index contributed by atoms with van der Waals surface area (Å²) in [5.41, 5.74) is -1.86. The number of nitrogens with zero attached hydrogens (tertiary/aromatic N) is 4. The predicted octanol–water partition coefficient (Wildman–Crippen LogP) is 13.8. The van der Waals surface area contributed by atoms with Gasteiger partial charge in [-0.25, -0.2) is 26.3 Å². The molecule has 0 saturated carbocycles. The first-order valence-corrected chi connectivity index (χ1v) is 28.0. The molecule has 14 nitrogen and oxygen atoms in total. The van der Waals surface area contributed by atoms with Crippen LogP contribution in [0.5, 0.6) is 0 Å². The Morgan fingerprint density at radius 3 is 1.32 bits per heavy atom. The van der Waals surface area contributed by atoms with Gasteiger partial charge in [-0.15, -0.1) is 0 Å². The molecule has 0 amide bonds. The molecule has 3 N–H and O–H groups in total. The summed E-state index contributed by atoms with van der Waals surface area (Å²) in [4.78, 5) is 45.7. The fourth-order valence-corrected chi connectivity index (χ4v) is 8.77. The third-order valence-corrected chi connectivity index (χ3v) is 15.1. The first kappa shape index (κ1) is 74.7. The number of rotatable bonds is 13. The number of aromatic nitrogens is 3. The summed E-state index contributed by atoms with van der Waals surface area (Å²) in [6.45, 7) is 11.2. The summed E-state index contributed by atoms with van der Waals surface area (Å²) in [5, 5.41) is 0.794. The lowest BCUT2D eigenvalue weighted by Gasteiger charge is -2.36. The highest BCUT2D eigenvalue weighted by Crippen LogP contribution is 2.40. The molecule has 0 fully saturated rings. The van der Waals surface area contributed by atoms with Gasteiger partial charge in [0.05, 0.1) is 109 Å². The number of hydrogen-bond donors (Lipinski definition) is 2. The number of nitrogens with two attached hydrogens (primary N) is 1. The Morgan fingerprint density at radius 1 is 0.540 bits per heavy atom. The molecule has 6 aromatic rings. The molecule has 6 rings (SSSR count). The fourth-order valence-electron chi connectivity index (χ4n) is 6.88. The number of benzene rings is 3. The summed E-state index contributed by atoms with van der Waals surface area (Å²) < 4.78 is 204. The van der Waals surface area contributed by atoms with E-state index in [4.69, 9.17) is 45.3 Å². The van der Waals surface area contributed by atoms with Crippen molar-refractivity contribution in [2.75, 3.05) is 21.3 Å². The Kier molecular flexibility index (Phi) is 26.2. The average Bonchev–Trinajstić information content (AvgIpc) is 0.855. The number of carbonyl (C=O) groups is 3. The van der Waals surface area contributed by atoms with Crippen LogP contribution in [0.25, 0.3) is 0 Å². The predicted molar refractivity (Wildman–Crippen MR) is 303 cm³/mol. The Labute approximate surface area is 511 Å². The molecule has 0 bridgehead atoms. The van der Waals surface area contributed by atoms with Gasteiger partial charge in [-0.1, -0.05) is 34.8 Å². The van der Waals surface area contributed by atoms with E-state index in [1.165, 1.54) is 69.0 Å². The second kappa shape index (κ2) is 30.6. The SMILES string of the molecule is CC(C)(C)[S@@](=O)N=C(c1cc(F)cc(C(F)(F)F)c1)c1ccc(Cl)cn1.COC(=O)C[C@](N)(c1cc(F)cc(C(F)(F)F)c1)c1ccc(Cl)cn1.COC(=O)C[C@](N[S@](=O)C(C)(C)C)(c1cc(F)cc(C(F)(F)F)c1)c1ccc(Cl)cn1.COC(C)=O. The zero-order chi connectivity index (χ0) is 66.4. The number of ether oxygens (including phenoxy) is 3. The number of halogens is 15. The van der Waals surface area contributed by atoms with Crippen LogP contribution in [0.4, 0.5) is 52.7 Å². The van der Waals surface area contributed by atoms with Gasteiger partial charge in [-0.3, -0.25) is 29.3 Å². The van der Waals surface area contributed by atoms with Crippen molar-refractivity contribution in [3.8, 4) is 0 Å². The number of hydrogen-bond acceptors (Lipinski definition) is 12. The topological polar surface area (TPSA) is 202 Å². The number of carbonyl (C=O) groups excluding carboxylic acids is 3. The lowest BCUT2D eigenvalue weighted by Crippen LogP contribution is -2.50. The van der Waals surface area contributed by atoms with Gasteiger partial charge >= 0.3 is 36.4 Å². The van der Waals surface area contributed by atoms with Gasteiger partial charge in [0.25, 0.3) is 0 Å². The van der Waals surface area contributed by atoms with Crippen molar-refractivity contribution in [2.24, 2.45) is 10.1 Å². The highest BCUT2D eigenvalue weighted by molar-refractivity contribution is 7.85. The number of nitrogens with one attached hydrogen (secondary N) is 1. The maximum atomic E-state index is 14.3. The minimum atomic E-state index is -4.86. The maximum Gasteiger partial charge on any atom is 0.416 e. The van der Waals surface area contributed by atoms with Crippen molar-refractivity contribution >= 4 is 80.4 Å². The van der Waals surface area contributed by atoms with Crippen molar-refractivity contribution in [1.29, 1.82) is 0 Å². The second-order valence-electron chi connectivity index (χ2n) is 20.1. The molecular formula is C56H55Cl3F12N6O8S2. The van der Waals surface area contributed by atoms with Crippen LogP contribution < -0.4 is 10.5 Å². The fraction of sp³-hybridized carbons (Fsp3) is 0.339. The Balaban J connectivity index is 0.000000330. The van der Waals surface area contributed by atoms with E-state index in [1.807, 2.05) is 0 Å². The minimum absolute atomic E-state index is 0.0126. The summed E-state index contributed by atoms with van der Waals surface area (Å²) in [6.07, 6.45) is -11.8. The lowest BCUT2D eigenvalue weighted by atomic mass is 9.83. The van der Waals surface area contributed by atoms with Gasteiger partial charge in [-0.05, 0) is 144 Å². The van der Waals surface area contributed by atoms with Crippen LogP contribution in [-0.4, -0.2) is 77.8 Å². The molecule has 0 aliphatic rings. The van der Waals surface area contributed by atoms with Gasteiger partial charge in [0, 0.05) is 31.1 Å². The van der Waals surface area contributed by atoms with E-state index < -0.39 is 120 Å². The molecule has 87 heavy (non-hydrogen) atoms. The van der Waals surface area contributed by atoms with Crippen molar-refractivity contribution < 1.29 is 89.7 Å². The Morgan fingerprint density at radius 2 is 0.931 bits per heavy atom. The van der Waals surface area contributed by atoms with Gasteiger partial charge < -0.3 is 19.9 Å². The molecule has 0 unspecified atom stereocenters. The van der Waals surface area contributed by atoms with Crippen LogP contribution in [0.15, 0.2) is 114 Å². The molecule has 474 valence electrons. The van der Waals surface area contributed by atoms with E-state index in [0.29, 0.717) is 35.4 Å². The molecule has 3 aromatic heterocycles. The van der Waals surface area contributed by atoms with Gasteiger partial charge in [0.1, 0.15) is 39.7 Å². The number of esters is 3. The van der Waals surface area contributed by atoms with E-state index in [9.17, 15) is 75.5 Å². The molecule has 0 aliphatic heterocycles. The maximum absolute atomic E-state index is 14.3. The molecule has 0 radical (unpaired) electrons. The van der Waals surface area contributed by atoms with E-state index in [0.717, 1.165) is 38.5 Å². The molecule has 3 aromatic carbocycles. The first-order chi connectivity index (χ1) is 39.9. The lowest BCUT2D eigenvalue weighted by molar-refractivity contribution is -0.142. The summed E-state index contributed by atoms with van der Waals surface area (Å²) in [7, 11) is -0.153. The van der Waals surface area contributed by atoms with Crippen molar-refractivity contribution in [3.05, 3.63) is 193 Å². The van der Waals surface area contributed by atoms with E-state index >= 15 is 0 Å². The van der Waals surface area contributed by atoms with Crippen molar-refractivity contribution in [1.82, 2.24) is 19.7 Å². The molecule has 31 heteroatoms. The Hall–Kier alpha value is -6.56. The van der Waals surface area contributed by atoms with Crippen molar-refractivity contribution in [3.63, 3.8) is 0 Å². The number of methoxy groups -OCH3 is 3. The summed E-state index contributed by atoms with van der Waals surface area (Å²) in [6, 6.07) is 14.1. The zero-order valence-corrected chi connectivity index (χ0v) is 51.3. The standard InChI is InChI=1S/C20H21ClF4N2O3S.C17H15ClF4N2OS.C16H13ClF4N2O2.C3H6O2/c1-18(2,3)31(29)27-19(10-17(28)30-4,16-6-5-14(21)11-26-16)12-7-13(20(23,24)25)9-15(22)8-12;1-16(2,3)26(25)24-15(14-5-4-12(18)9-23-14)10-6-11(17(20,21)22)8-13(19)7-10;1-25-14(24)7-15(22,13-3-2-11(17)8-23-13)9-4-10(16(19,20)21)6-12(18)5-9;1-3(4)5-2/h5-9,11,27H,10H2,1-4H3;4-9H,1-3H3;2-6,8H,7,22H2,1H3;1-2H3/t19-,31+;26-;15-;/m010./s1. The van der Waals surface area contributed by atoms with E-state index in [-0.39, 0.29) is 55.5 Å².